The molecule has 2 N–H and O–H groups in total. The molecule has 2 unspecified atom stereocenters. The molecule has 5 heterocycles. The van der Waals surface area contributed by atoms with Crippen molar-refractivity contribution in [1.29, 1.82) is 0 Å². The van der Waals surface area contributed by atoms with Gasteiger partial charge in [-0.3, -0.25) is 0 Å². The predicted octanol–water partition coefficient (Wildman–Crippen LogP) is 4.51. The van der Waals surface area contributed by atoms with E-state index in [9.17, 15) is 18.0 Å². The van der Waals surface area contributed by atoms with E-state index in [1.165, 1.54) is 6.20 Å². The third-order valence-corrected chi connectivity index (χ3v) is 7.88. The van der Waals surface area contributed by atoms with Crippen molar-refractivity contribution in [2.45, 2.75) is 31.3 Å². The summed E-state index contributed by atoms with van der Waals surface area (Å²) in [6.45, 7) is 2.94. The standard InChI is InChI=1S/C29H29F3N8O3/c30-29(31,32)17-40-27-24(14-33-40)26(39-15-23-13-22(39)16-43-23)36-25(37-27)18-1-3-19(4-2-18)34-28(41)35-20-5-7-21(8-6-20)38-9-11-42-12-10-38/h1-8,14,22-23H,9-13,15-17H2,(H2,34,35,41). The number of alkyl halides is 3. The number of carbonyl (C=O) groups excluding carboxylic acids is 1. The summed E-state index contributed by atoms with van der Waals surface area (Å²) in [6.07, 6.45) is -2.14. The molecule has 2 aromatic heterocycles. The van der Waals surface area contributed by atoms with Crippen LogP contribution in [0.2, 0.25) is 0 Å². The number of amides is 2. The number of fused-ring (bicyclic) bond motifs is 3. The number of aromatic nitrogens is 4. The average molecular weight is 595 g/mol. The Balaban J connectivity index is 1.09. The Morgan fingerprint density at radius 3 is 2.30 bits per heavy atom. The zero-order valence-electron chi connectivity index (χ0n) is 23.0. The fraction of sp³-hybridized carbons (Fsp3) is 0.379. The van der Waals surface area contributed by atoms with Crippen LogP contribution >= 0.6 is 0 Å². The molecule has 7 rings (SSSR count). The van der Waals surface area contributed by atoms with E-state index in [0.717, 1.165) is 29.9 Å². The van der Waals surface area contributed by atoms with Gasteiger partial charge < -0.3 is 29.9 Å². The van der Waals surface area contributed by atoms with Crippen LogP contribution in [0.4, 0.5) is 40.8 Å². The molecular weight excluding hydrogens is 565 g/mol. The van der Waals surface area contributed by atoms with E-state index in [2.05, 4.69) is 30.5 Å². The lowest BCUT2D eigenvalue weighted by Crippen LogP contribution is -2.37. The van der Waals surface area contributed by atoms with Gasteiger partial charge in [0.15, 0.2) is 11.5 Å². The molecule has 43 heavy (non-hydrogen) atoms. The number of anilines is 4. The van der Waals surface area contributed by atoms with E-state index >= 15 is 0 Å². The van der Waals surface area contributed by atoms with Crippen LogP contribution in [-0.4, -0.2) is 83.6 Å². The molecule has 2 amide bonds. The Labute approximate surface area is 244 Å². The summed E-state index contributed by atoms with van der Waals surface area (Å²) in [5, 5.41) is 10.1. The summed E-state index contributed by atoms with van der Waals surface area (Å²) in [5.74, 6) is 0.817. The summed E-state index contributed by atoms with van der Waals surface area (Å²) in [5.41, 5.74) is 2.95. The second-order valence-corrected chi connectivity index (χ2v) is 10.8. The number of morpholine rings is 2. The van der Waals surface area contributed by atoms with Gasteiger partial charge in [-0.05, 0) is 55.0 Å². The van der Waals surface area contributed by atoms with Gasteiger partial charge in [0.25, 0.3) is 0 Å². The fourth-order valence-corrected chi connectivity index (χ4v) is 5.81. The first-order valence-corrected chi connectivity index (χ1v) is 14.1. The SMILES string of the molecule is O=C(Nc1ccc(-c2nc(N3CC4CC3CO4)c3cnn(CC(F)(F)F)c3n2)cc1)Nc1ccc(N2CCOCC2)cc1. The van der Waals surface area contributed by atoms with Gasteiger partial charge in [0.05, 0.1) is 43.5 Å². The number of urea groups is 1. The second kappa shape index (κ2) is 11.0. The minimum atomic E-state index is -4.45. The third-order valence-electron chi connectivity index (χ3n) is 7.88. The molecule has 0 spiro atoms. The lowest BCUT2D eigenvalue weighted by Gasteiger charge is -2.28. The van der Waals surface area contributed by atoms with Gasteiger partial charge in [0.1, 0.15) is 12.4 Å². The van der Waals surface area contributed by atoms with Crippen LogP contribution in [0.1, 0.15) is 6.42 Å². The van der Waals surface area contributed by atoms with Gasteiger partial charge in [0, 0.05) is 42.3 Å². The maximum Gasteiger partial charge on any atom is 0.408 e. The minimum Gasteiger partial charge on any atom is -0.378 e. The van der Waals surface area contributed by atoms with E-state index < -0.39 is 18.8 Å². The largest absolute Gasteiger partial charge is 0.408 e. The fourth-order valence-electron chi connectivity index (χ4n) is 5.81. The number of benzene rings is 2. The predicted molar refractivity (Wildman–Crippen MR) is 154 cm³/mol. The summed E-state index contributed by atoms with van der Waals surface area (Å²) < 4.78 is 51.9. The van der Waals surface area contributed by atoms with Crippen molar-refractivity contribution in [1.82, 2.24) is 19.7 Å². The van der Waals surface area contributed by atoms with Gasteiger partial charge in [0.2, 0.25) is 0 Å². The minimum absolute atomic E-state index is 0.0721. The molecular formula is C29H29F3N8O3. The van der Waals surface area contributed by atoms with Gasteiger partial charge in [-0.2, -0.15) is 18.3 Å². The average Bonchev–Trinajstić information content (AvgIpc) is 3.74. The Morgan fingerprint density at radius 2 is 1.67 bits per heavy atom. The normalized spacial score (nSPS) is 20.2. The molecule has 2 atom stereocenters. The maximum atomic E-state index is 13.3. The van der Waals surface area contributed by atoms with Crippen molar-refractivity contribution in [3.05, 3.63) is 54.7 Å². The van der Waals surface area contributed by atoms with Crippen molar-refractivity contribution in [3.63, 3.8) is 0 Å². The number of rotatable bonds is 6. The molecule has 3 saturated heterocycles. The van der Waals surface area contributed by atoms with Crippen molar-refractivity contribution in [2.75, 3.05) is 59.9 Å². The van der Waals surface area contributed by atoms with Gasteiger partial charge in [-0.15, -0.1) is 0 Å². The first-order valence-electron chi connectivity index (χ1n) is 14.1. The van der Waals surface area contributed by atoms with Crippen LogP contribution in [-0.2, 0) is 16.0 Å². The molecule has 3 fully saturated rings. The zero-order valence-corrected chi connectivity index (χ0v) is 23.0. The summed E-state index contributed by atoms with van der Waals surface area (Å²) in [7, 11) is 0. The molecule has 3 aliphatic heterocycles. The van der Waals surface area contributed by atoms with Crippen molar-refractivity contribution < 1.29 is 27.4 Å². The van der Waals surface area contributed by atoms with Crippen LogP contribution in [0.15, 0.2) is 54.7 Å². The first kappa shape index (κ1) is 27.4. The topological polar surface area (TPSA) is 110 Å². The number of hydrogen-bond donors (Lipinski definition) is 2. The Hall–Kier alpha value is -4.43. The van der Waals surface area contributed by atoms with Crippen molar-refractivity contribution in [3.8, 4) is 11.4 Å². The van der Waals surface area contributed by atoms with E-state index in [1.807, 2.05) is 24.3 Å². The smallest absolute Gasteiger partial charge is 0.378 e. The molecule has 224 valence electrons. The molecule has 3 aliphatic rings. The molecule has 2 aromatic carbocycles. The number of nitrogens with zero attached hydrogens (tertiary/aromatic N) is 6. The van der Waals surface area contributed by atoms with Crippen LogP contribution in [0.25, 0.3) is 22.4 Å². The van der Waals surface area contributed by atoms with Crippen LogP contribution in [0, 0.1) is 0 Å². The lowest BCUT2D eigenvalue weighted by atomic mass is 10.2. The molecule has 0 radical (unpaired) electrons. The highest BCUT2D eigenvalue weighted by molar-refractivity contribution is 6.00. The van der Waals surface area contributed by atoms with E-state index in [4.69, 9.17) is 14.5 Å². The summed E-state index contributed by atoms with van der Waals surface area (Å²) in [6, 6.07) is 14.1. The number of nitrogens with one attached hydrogen (secondary N) is 2. The monoisotopic (exact) mass is 594 g/mol. The first-order chi connectivity index (χ1) is 20.8. The molecule has 0 aliphatic carbocycles. The van der Waals surface area contributed by atoms with Crippen LogP contribution < -0.4 is 20.4 Å². The van der Waals surface area contributed by atoms with Gasteiger partial charge >= 0.3 is 12.2 Å². The highest BCUT2D eigenvalue weighted by atomic mass is 19.4. The van der Waals surface area contributed by atoms with Crippen molar-refractivity contribution >= 4 is 39.9 Å². The number of hydrogen-bond acceptors (Lipinski definition) is 8. The third kappa shape index (κ3) is 5.79. The van der Waals surface area contributed by atoms with Crippen molar-refractivity contribution in [2.24, 2.45) is 0 Å². The highest BCUT2D eigenvalue weighted by Crippen LogP contribution is 2.36. The molecule has 11 nitrogen and oxygen atoms in total. The van der Waals surface area contributed by atoms with Gasteiger partial charge in [-0.1, -0.05) is 0 Å². The maximum absolute atomic E-state index is 13.3. The second-order valence-electron chi connectivity index (χ2n) is 10.8. The Kier molecular flexibility index (Phi) is 7.01. The quantitative estimate of drug-likeness (QED) is 0.336. The number of halogens is 3. The molecule has 4 aromatic rings. The van der Waals surface area contributed by atoms with Gasteiger partial charge in [-0.25, -0.2) is 19.4 Å². The van der Waals surface area contributed by atoms with E-state index in [-0.39, 0.29) is 23.6 Å². The van der Waals surface area contributed by atoms with Crippen LogP contribution in [0.5, 0.6) is 0 Å². The lowest BCUT2D eigenvalue weighted by molar-refractivity contribution is -0.141. The zero-order chi connectivity index (χ0) is 29.6. The number of ether oxygens (including phenoxy) is 2. The van der Waals surface area contributed by atoms with E-state index in [1.54, 1.807) is 24.3 Å². The molecule has 2 bridgehead atoms. The molecule has 14 heteroatoms. The Morgan fingerprint density at radius 1 is 0.977 bits per heavy atom. The summed E-state index contributed by atoms with van der Waals surface area (Å²) in [4.78, 5) is 26.2. The highest BCUT2D eigenvalue weighted by Gasteiger charge is 2.41. The van der Waals surface area contributed by atoms with Crippen LogP contribution in [0.3, 0.4) is 0 Å². The number of carbonyl (C=O) groups is 1. The Bertz CT molecular complexity index is 1620. The van der Waals surface area contributed by atoms with E-state index in [0.29, 0.717) is 54.5 Å². The molecule has 0 saturated carbocycles. The summed E-state index contributed by atoms with van der Waals surface area (Å²) >= 11 is 0.